The highest BCUT2D eigenvalue weighted by molar-refractivity contribution is 5.81. The van der Waals surface area contributed by atoms with Crippen LogP contribution in [0.25, 0.3) is 0 Å². The van der Waals surface area contributed by atoms with Gasteiger partial charge in [0, 0.05) is 11.9 Å². The van der Waals surface area contributed by atoms with Crippen molar-refractivity contribution in [2.45, 2.75) is 26.2 Å². The van der Waals surface area contributed by atoms with E-state index in [0.29, 0.717) is 0 Å². The topological polar surface area (TPSA) is 67.6 Å². The first-order valence-electron chi connectivity index (χ1n) is 7.06. The fourth-order valence-corrected chi connectivity index (χ4v) is 2.24. The normalized spacial score (nSPS) is 14.1. The van der Waals surface area contributed by atoms with Crippen molar-refractivity contribution in [2.75, 3.05) is 4.90 Å². The van der Waals surface area contributed by atoms with Gasteiger partial charge >= 0.3 is 0 Å². The van der Waals surface area contributed by atoms with Crippen molar-refractivity contribution >= 4 is 17.6 Å². The van der Waals surface area contributed by atoms with Gasteiger partial charge in [0.1, 0.15) is 0 Å². The van der Waals surface area contributed by atoms with Gasteiger partial charge in [-0.1, -0.05) is 30.3 Å². The van der Waals surface area contributed by atoms with Crippen molar-refractivity contribution in [1.82, 2.24) is 0 Å². The molecule has 0 fully saturated rings. The minimum Gasteiger partial charge on any atom is -0.341 e. The molecule has 4 heteroatoms. The van der Waals surface area contributed by atoms with Gasteiger partial charge in [-0.15, -0.1) is 0 Å². The monoisotopic (exact) mass is 282 g/mol. The van der Waals surface area contributed by atoms with Crippen LogP contribution in [0.4, 0.5) is 11.4 Å². The van der Waals surface area contributed by atoms with E-state index in [-0.39, 0.29) is 12.3 Å². The maximum atomic E-state index is 5.96. The molecule has 0 bridgehead atoms. The van der Waals surface area contributed by atoms with Crippen molar-refractivity contribution in [2.24, 2.45) is 16.5 Å². The van der Waals surface area contributed by atoms with E-state index in [4.69, 9.17) is 11.5 Å². The van der Waals surface area contributed by atoms with Gasteiger partial charge in [0.25, 0.3) is 0 Å². The minimum absolute atomic E-state index is 0.135. The highest BCUT2D eigenvalue weighted by Gasteiger charge is 2.14. The molecule has 0 heterocycles. The molecule has 2 unspecified atom stereocenters. The molecule has 0 aliphatic rings. The van der Waals surface area contributed by atoms with Crippen LogP contribution in [0, 0.1) is 0 Å². The summed E-state index contributed by atoms with van der Waals surface area (Å²) in [6.45, 7) is 3.84. The Morgan fingerprint density at radius 3 is 2.00 bits per heavy atom. The number of benzene rings is 2. The summed E-state index contributed by atoms with van der Waals surface area (Å²) in [6, 6.07) is 17.9. The maximum Gasteiger partial charge on any atom is 0.0757 e. The van der Waals surface area contributed by atoms with Crippen LogP contribution >= 0.6 is 0 Å². The molecule has 2 atom stereocenters. The number of anilines is 1. The van der Waals surface area contributed by atoms with Gasteiger partial charge in [0.2, 0.25) is 0 Å². The van der Waals surface area contributed by atoms with Crippen LogP contribution in [0.1, 0.15) is 19.4 Å². The lowest BCUT2D eigenvalue weighted by Crippen LogP contribution is -2.49. The van der Waals surface area contributed by atoms with Crippen LogP contribution in [0.3, 0.4) is 0 Å². The second-order valence-corrected chi connectivity index (χ2v) is 5.07. The van der Waals surface area contributed by atoms with Crippen molar-refractivity contribution < 1.29 is 0 Å². The number of nitrogens with two attached hydrogens (primary N) is 2. The molecular formula is C17H22N4. The summed E-state index contributed by atoms with van der Waals surface area (Å²) in [6.07, 6.45) is 1.58. The fraction of sp³-hybridized carbons (Fsp3) is 0.235. The van der Waals surface area contributed by atoms with Crippen LogP contribution in [0.2, 0.25) is 0 Å². The molecule has 4 N–H and O–H groups in total. The molecule has 0 aromatic heterocycles. The molecule has 0 saturated heterocycles. The Hall–Kier alpha value is -2.17. The summed E-state index contributed by atoms with van der Waals surface area (Å²) in [7, 11) is 0. The summed E-state index contributed by atoms with van der Waals surface area (Å²) < 4.78 is 0. The Morgan fingerprint density at radius 2 is 1.48 bits per heavy atom. The zero-order valence-corrected chi connectivity index (χ0v) is 12.5. The molecule has 0 amide bonds. The maximum absolute atomic E-state index is 5.96. The Bertz CT molecular complexity index is 565. The molecule has 110 valence electrons. The van der Waals surface area contributed by atoms with Gasteiger partial charge in [-0.25, -0.2) is 0 Å². The largest absolute Gasteiger partial charge is 0.341 e. The third-order valence-corrected chi connectivity index (χ3v) is 3.19. The zero-order chi connectivity index (χ0) is 15.2. The summed E-state index contributed by atoms with van der Waals surface area (Å²) in [5, 5.41) is 0. The van der Waals surface area contributed by atoms with Gasteiger partial charge in [-0.05, 0) is 43.7 Å². The summed E-state index contributed by atoms with van der Waals surface area (Å²) in [5.41, 5.74) is 14.9. The van der Waals surface area contributed by atoms with E-state index >= 15 is 0 Å². The third kappa shape index (κ3) is 4.15. The molecule has 0 spiro atoms. The van der Waals surface area contributed by atoms with Gasteiger partial charge < -0.3 is 16.4 Å². The van der Waals surface area contributed by atoms with Gasteiger partial charge in [0.15, 0.2) is 0 Å². The first-order chi connectivity index (χ1) is 10.1. The quantitative estimate of drug-likeness (QED) is 0.654. The molecule has 0 aliphatic heterocycles. The van der Waals surface area contributed by atoms with Crippen LogP contribution in [0.15, 0.2) is 59.6 Å². The number of aliphatic imine (C=N–C) groups is 1. The molecule has 0 saturated carbocycles. The van der Waals surface area contributed by atoms with Crippen LogP contribution in [-0.2, 0) is 0 Å². The highest BCUT2D eigenvalue weighted by atomic mass is 15.3. The van der Waals surface area contributed by atoms with Gasteiger partial charge in [-0.3, -0.25) is 4.99 Å². The Kier molecular flexibility index (Phi) is 5.09. The summed E-state index contributed by atoms with van der Waals surface area (Å²) in [4.78, 5) is 6.42. The lowest BCUT2D eigenvalue weighted by Gasteiger charge is -2.32. The molecule has 0 radical (unpaired) electrons. The molecule has 2 aromatic carbocycles. The van der Waals surface area contributed by atoms with Crippen molar-refractivity contribution in [1.29, 1.82) is 0 Å². The van der Waals surface area contributed by atoms with E-state index in [1.165, 1.54) is 0 Å². The highest BCUT2D eigenvalue weighted by Crippen LogP contribution is 2.21. The van der Waals surface area contributed by atoms with Crippen molar-refractivity contribution in [3.63, 3.8) is 0 Å². The zero-order valence-electron chi connectivity index (χ0n) is 12.5. The van der Waals surface area contributed by atoms with Crippen molar-refractivity contribution in [3.8, 4) is 0 Å². The number of rotatable bonds is 5. The fourth-order valence-electron chi connectivity index (χ4n) is 2.24. The SMILES string of the molecule is CC(N)N(c1ccc(N=Cc2ccccc2)cc1)C(C)N. The van der Waals surface area contributed by atoms with Gasteiger partial charge in [-0.2, -0.15) is 0 Å². The second kappa shape index (κ2) is 7.02. The molecule has 4 nitrogen and oxygen atoms in total. The second-order valence-electron chi connectivity index (χ2n) is 5.07. The first kappa shape index (κ1) is 15.2. The number of nitrogens with zero attached hydrogens (tertiary/aromatic N) is 2. The molecular weight excluding hydrogens is 260 g/mol. The Balaban J connectivity index is 2.13. The van der Waals surface area contributed by atoms with Crippen LogP contribution in [0.5, 0.6) is 0 Å². The van der Waals surface area contributed by atoms with Crippen molar-refractivity contribution in [3.05, 3.63) is 60.2 Å². The third-order valence-electron chi connectivity index (χ3n) is 3.19. The Labute approximate surface area is 126 Å². The van der Waals surface area contributed by atoms with E-state index in [0.717, 1.165) is 16.9 Å². The number of hydrogen-bond donors (Lipinski definition) is 2. The van der Waals surface area contributed by atoms with E-state index in [2.05, 4.69) is 4.99 Å². The molecule has 2 aromatic rings. The predicted octanol–water partition coefficient (Wildman–Crippen LogP) is 2.85. The standard InChI is InChI=1S/C17H22N4/c1-13(18)21(14(2)19)17-10-8-16(9-11-17)20-12-15-6-4-3-5-7-15/h3-14H,18-19H2,1-2H3. The first-order valence-corrected chi connectivity index (χ1v) is 7.06. The molecule has 21 heavy (non-hydrogen) atoms. The average Bonchev–Trinajstić information content (AvgIpc) is 2.47. The van der Waals surface area contributed by atoms with Gasteiger partial charge in [0.05, 0.1) is 18.0 Å². The minimum atomic E-state index is -0.135. The summed E-state index contributed by atoms with van der Waals surface area (Å²) in [5.74, 6) is 0. The van der Waals surface area contributed by atoms with E-state index in [9.17, 15) is 0 Å². The Morgan fingerprint density at radius 1 is 0.905 bits per heavy atom. The average molecular weight is 282 g/mol. The van der Waals surface area contributed by atoms with Crippen LogP contribution < -0.4 is 16.4 Å². The molecule has 0 aliphatic carbocycles. The lowest BCUT2D eigenvalue weighted by molar-refractivity contribution is 0.574. The van der Waals surface area contributed by atoms with E-state index in [1.54, 1.807) is 0 Å². The van der Waals surface area contributed by atoms with E-state index < -0.39 is 0 Å². The summed E-state index contributed by atoms with van der Waals surface area (Å²) >= 11 is 0. The van der Waals surface area contributed by atoms with Crippen LogP contribution in [-0.4, -0.2) is 18.5 Å². The predicted molar refractivity (Wildman–Crippen MR) is 89.9 cm³/mol. The smallest absolute Gasteiger partial charge is 0.0757 e. The number of hydrogen-bond acceptors (Lipinski definition) is 4. The lowest BCUT2D eigenvalue weighted by atomic mass is 10.2. The van der Waals surface area contributed by atoms with E-state index in [1.807, 2.05) is 79.6 Å². The molecule has 2 rings (SSSR count).